The van der Waals surface area contributed by atoms with E-state index in [1.54, 1.807) is 6.07 Å². The Balaban J connectivity index is 2.22. The monoisotopic (exact) mass is 276 g/mol. The third kappa shape index (κ3) is 2.78. The summed E-state index contributed by atoms with van der Waals surface area (Å²) in [6, 6.07) is 6.57. The zero-order valence-corrected chi connectivity index (χ0v) is 10.3. The highest BCUT2D eigenvalue weighted by molar-refractivity contribution is 6.03. The van der Waals surface area contributed by atoms with Gasteiger partial charge in [-0.25, -0.2) is 4.79 Å². The van der Waals surface area contributed by atoms with Crippen molar-refractivity contribution in [2.75, 3.05) is 5.32 Å². The minimum Gasteiger partial charge on any atom is -0.506 e. The second-order valence-electron chi connectivity index (χ2n) is 3.96. The molecule has 7 heteroatoms. The van der Waals surface area contributed by atoms with Crippen LogP contribution in [0.2, 0.25) is 0 Å². The number of benzene rings is 1. The number of hydrogen-bond acceptors (Lipinski definition) is 5. The summed E-state index contributed by atoms with van der Waals surface area (Å²) in [5.74, 6) is -1.55. The quantitative estimate of drug-likeness (QED) is 0.625. The Bertz CT molecular complexity index is 663. The standard InChI is InChI=1S/C13H12N2O5/c14-6-8-2-4-11(20-8)12(17)15-9-5-7(13(18)19)1-3-10(9)16/h1-5,16H,6,14H2,(H,15,17)(H,18,19). The van der Waals surface area contributed by atoms with Crippen molar-refractivity contribution in [2.24, 2.45) is 5.73 Å². The first-order chi connectivity index (χ1) is 9.51. The first-order valence-corrected chi connectivity index (χ1v) is 5.67. The first kappa shape index (κ1) is 13.6. The van der Waals surface area contributed by atoms with Gasteiger partial charge in [-0.15, -0.1) is 0 Å². The molecule has 1 aromatic heterocycles. The lowest BCUT2D eigenvalue weighted by molar-refractivity contribution is 0.0696. The summed E-state index contributed by atoms with van der Waals surface area (Å²) >= 11 is 0. The molecule has 1 amide bonds. The zero-order chi connectivity index (χ0) is 14.7. The lowest BCUT2D eigenvalue weighted by Crippen LogP contribution is -2.11. The number of carboxylic acid groups (broad SMARTS) is 1. The smallest absolute Gasteiger partial charge is 0.335 e. The summed E-state index contributed by atoms with van der Waals surface area (Å²) in [5.41, 5.74) is 5.29. The van der Waals surface area contributed by atoms with E-state index in [1.165, 1.54) is 18.2 Å². The van der Waals surface area contributed by atoms with Crippen LogP contribution in [0.1, 0.15) is 26.7 Å². The summed E-state index contributed by atoms with van der Waals surface area (Å²) in [6.07, 6.45) is 0. The van der Waals surface area contributed by atoms with E-state index in [0.29, 0.717) is 5.76 Å². The molecule has 7 nitrogen and oxygen atoms in total. The average molecular weight is 276 g/mol. The van der Waals surface area contributed by atoms with Crippen LogP contribution in [0.5, 0.6) is 5.75 Å². The Morgan fingerprint density at radius 2 is 2.00 bits per heavy atom. The van der Waals surface area contributed by atoms with Gasteiger partial charge in [-0.2, -0.15) is 0 Å². The van der Waals surface area contributed by atoms with Crippen molar-refractivity contribution in [1.29, 1.82) is 0 Å². The maximum atomic E-state index is 11.9. The van der Waals surface area contributed by atoms with Crippen molar-refractivity contribution in [3.05, 3.63) is 47.4 Å². The number of phenols is 1. The fourth-order valence-corrected chi connectivity index (χ4v) is 1.56. The van der Waals surface area contributed by atoms with Gasteiger partial charge in [0.2, 0.25) is 0 Å². The van der Waals surface area contributed by atoms with Crippen LogP contribution in [0.4, 0.5) is 5.69 Å². The fraction of sp³-hybridized carbons (Fsp3) is 0.0769. The van der Waals surface area contributed by atoms with Crippen LogP contribution in [0.3, 0.4) is 0 Å². The molecule has 0 spiro atoms. The Kier molecular flexibility index (Phi) is 3.72. The molecular weight excluding hydrogens is 264 g/mol. The molecule has 0 bridgehead atoms. The number of amides is 1. The van der Waals surface area contributed by atoms with Crippen LogP contribution in [-0.2, 0) is 6.54 Å². The zero-order valence-electron chi connectivity index (χ0n) is 10.3. The molecule has 0 atom stereocenters. The van der Waals surface area contributed by atoms with Gasteiger partial charge < -0.3 is 25.7 Å². The van der Waals surface area contributed by atoms with Gasteiger partial charge >= 0.3 is 5.97 Å². The number of hydrogen-bond donors (Lipinski definition) is 4. The number of aromatic hydroxyl groups is 1. The number of aromatic carboxylic acids is 1. The number of carbonyl (C=O) groups is 2. The lowest BCUT2D eigenvalue weighted by atomic mass is 10.2. The van der Waals surface area contributed by atoms with Crippen molar-refractivity contribution >= 4 is 17.6 Å². The summed E-state index contributed by atoms with van der Waals surface area (Å²) < 4.78 is 5.15. The number of furan rings is 1. The van der Waals surface area contributed by atoms with Gasteiger partial charge in [-0.05, 0) is 30.3 Å². The highest BCUT2D eigenvalue weighted by atomic mass is 16.4. The maximum absolute atomic E-state index is 11.9. The van der Waals surface area contributed by atoms with Crippen LogP contribution in [0.15, 0.2) is 34.7 Å². The van der Waals surface area contributed by atoms with Crippen molar-refractivity contribution in [3.63, 3.8) is 0 Å². The van der Waals surface area contributed by atoms with Crippen molar-refractivity contribution in [3.8, 4) is 5.75 Å². The number of nitrogens with two attached hydrogens (primary N) is 1. The molecule has 2 rings (SSSR count). The van der Waals surface area contributed by atoms with Crippen LogP contribution in [0, 0.1) is 0 Å². The molecule has 1 aromatic carbocycles. The molecule has 0 radical (unpaired) electrons. The topological polar surface area (TPSA) is 126 Å². The van der Waals surface area contributed by atoms with E-state index < -0.39 is 11.9 Å². The van der Waals surface area contributed by atoms with Gasteiger partial charge in [0.25, 0.3) is 5.91 Å². The number of anilines is 1. The van der Waals surface area contributed by atoms with Crippen LogP contribution < -0.4 is 11.1 Å². The molecule has 0 saturated carbocycles. The van der Waals surface area contributed by atoms with Crippen molar-refractivity contribution < 1.29 is 24.2 Å². The van der Waals surface area contributed by atoms with Gasteiger partial charge in [-0.3, -0.25) is 4.79 Å². The van der Waals surface area contributed by atoms with E-state index in [0.717, 1.165) is 6.07 Å². The molecule has 20 heavy (non-hydrogen) atoms. The van der Waals surface area contributed by atoms with Gasteiger partial charge in [0, 0.05) is 0 Å². The number of nitrogens with one attached hydrogen (secondary N) is 1. The van der Waals surface area contributed by atoms with E-state index in [1.807, 2.05) is 0 Å². The predicted octanol–water partition coefficient (Wildman–Crippen LogP) is 1.39. The minimum atomic E-state index is -1.16. The summed E-state index contributed by atoms with van der Waals surface area (Å²) in [5, 5.41) is 20.8. The minimum absolute atomic E-state index is 0.0133. The molecule has 0 fully saturated rings. The van der Waals surface area contributed by atoms with Gasteiger partial charge in [0.1, 0.15) is 11.5 Å². The van der Waals surface area contributed by atoms with Crippen molar-refractivity contribution in [2.45, 2.75) is 6.54 Å². The third-order valence-electron chi connectivity index (χ3n) is 2.58. The lowest BCUT2D eigenvalue weighted by Gasteiger charge is -2.06. The van der Waals surface area contributed by atoms with Crippen LogP contribution >= 0.6 is 0 Å². The number of phenolic OH excluding ortho intramolecular Hbond substituents is 1. The Morgan fingerprint density at radius 3 is 2.60 bits per heavy atom. The molecule has 1 heterocycles. The summed E-state index contributed by atoms with van der Waals surface area (Å²) in [6.45, 7) is 0.160. The highest BCUT2D eigenvalue weighted by Crippen LogP contribution is 2.25. The Labute approximate surface area is 113 Å². The van der Waals surface area contributed by atoms with Gasteiger partial charge in [-0.1, -0.05) is 0 Å². The molecule has 0 saturated heterocycles. The summed E-state index contributed by atoms with van der Waals surface area (Å²) in [7, 11) is 0. The maximum Gasteiger partial charge on any atom is 0.335 e. The van der Waals surface area contributed by atoms with Crippen molar-refractivity contribution in [1.82, 2.24) is 0 Å². The number of rotatable bonds is 4. The van der Waals surface area contributed by atoms with E-state index in [-0.39, 0.29) is 29.3 Å². The average Bonchev–Trinajstić information content (AvgIpc) is 2.89. The molecule has 0 aliphatic carbocycles. The summed E-state index contributed by atoms with van der Waals surface area (Å²) in [4.78, 5) is 22.7. The van der Waals surface area contributed by atoms with Crippen LogP contribution in [0.25, 0.3) is 0 Å². The fourth-order valence-electron chi connectivity index (χ4n) is 1.56. The van der Waals surface area contributed by atoms with Crippen LogP contribution in [-0.4, -0.2) is 22.1 Å². The predicted molar refractivity (Wildman–Crippen MR) is 69.6 cm³/mol. The molecule has 0 aliphatic heterocycles. The highest BCUT2D eigenvalue weighted by Gasteiger charge is 2.14. The first-order valence-electron chi connectivity index (χ1n) is 5.67. The van der Waals surface area contributed by atoms with Gasteiger partial charge in [0.05, 0.1) is 17.8 Å². The largest absolute Gasteiger partial charge is 0.506 e. The van der Waals surface area contributed by atoms with E-state index in [4.69, 9.17) is 15.3 Å². The normalized spacial score (nSPS) is 10.2. The molecule has 104 valence electrons. The second-order valence-corrected chi connectivity index (χ2v) is 3.96. The molecule has 5 N–H and O–H groups in total. The molecular formula is C13H12N2O5. The molecule has 0 unspecified atom stereocenters. The van der Waals surface area contributed by atoms with E-state index >= 15 is 0 Å². The SMILES string of the molecule is NCc1ccc(C(=O)Nc2cc(C(=O)O)ccc2O)o1. The van der Waals surface area contributed by atoms with E-state index in [2.05, 4.69) is 5.32 Å². The number of carbonyl (C=O) groups excluding carboxylic acids is 1. The Morgan fingerprint density at radius 1 is 1.25 bits per heavy atom. The molecule has 2 aromatic rings. The third-order valence-corrected chi connectivity index (χ3v) is 2.58. The Hall–Kier alpha value is -2.80. The number of carboxylic acids is 1. The van der Waals surface area contributed by atoms with Gasteiger partial charge in [0.15, 0.2) is 5.76 Å². The second kappa shape index (κ2) is 5.45. The van der Waals surface area contributed by atoms with E-state index in [9.17, 15) is 14.7 Å². The molecule has 0 aliphatic rings.